The van der Waals surface area contributed by atoms with E-state index in [9.17, 15) is 4.79 Å². The number of amides is 1. The second-order valence-electron chi connectivity index (χ2n) is 8.16. The van der Waals surface area contributed by atoms with Crippen LogP contribution in [0.15, 0.2) is 72.9 Å². The molecule has 1 aliphatic rings. The van der Waals surface area contributed by atoms with Crippen LogP contribution in [-0.2, 0) is 11.2 Å². The van der Waals surface area contributed by atoms with Crippen LogP contribution in [-0.4, -0.2) is 36.1 Å². The fourth-order valence-electron chi connectivity index (χ4n) is 4.19. The largest absolute Gasteiger partial charge is 0.481 e. The Hall–Kier alpha value is -3.41. The van der Waals surface area contributed by atoms with E-state index < -0.39 is 0 Å². The van der Waals surface area contributed by atoms with Crippen LogP contribution in [0.2, 0.25) is 0 Å². The van der Waals surface area contributed by atoms with Gasteiger partial charge in [0.25, 0.3) is 0 Å². The summed E-state index contributed by atoms with van der Waals surface area (Å²) in [6.07, 6.45) is 5.07. The molecule has 6 heteroatoms. The van der Waals surface area contributed by atoms with Gasteiger partial charge in [-0.3, -0.25) is 4.79 Å². The monoisotopic (exact) mass is 430 g/mol. The fraction of sp³-hybridized carbons (Fsp3) is 0.346. The number of ether oxygens (including phenoxy) is 1. The Bertz CT molecular complexity index is 989. The van der Waals surface area contributed by atoms with E-state index in [0.717, 1.165) is 44.3 Å². The molecule has 2 aromatic carbocycles. The summed E-state index contributed by atoms with van der Waals surface area (Å²) in [7, 11) is 1.60. The van der Waals surface area contributed by atoms with Gasteiger partial charge in [0.1, 0.15) is 0 Å². The van der Waals surface area contributed by atoms with Gasteiger partial charge in [-0.2, -0.15) is 4.98 Å². The highest BCUT2D eigenvalue weighted by Crippen LogP contribution is 2.25. The minimum Gasteiger partial charge on any atom is -0.481 e. The Labute approximate surface area is 189 Å². The summed E-state index contributed by atoms with van der Waals surface area (Å²) >= 11 is 0. The minimum atomic E-state index is -0.000190. The second-order valence-corrected chi connectivity index (χ2v) is 8.16. The third-order valence-electron chi connectivity index (χ3n) is 6.06. The average molecular weight is 431 g/mol. The van der Waals surface area contributed by atoms with Gasteiger partial charge in [-0.25, -0.2) is 4.98 Å². The lowest BCUT2D eigenvalue weighted by molar-refractivity contribution is -0.126. The Morgan fingerprint density at radius 1 is 1.06 bits per heavy atom. The molecule has 4 rings (SSSR count). The van der Waals surface area contributed by atoms with E-state index in [4.69, 9.17) is 4.74 Å². The van der Waals surface area contributed by atoms with Gasteiger partial charge >= 0.3 is 0 Å². The van der Waals surface area contributed by atoms with Gasteiger partial charge in [0, 0.05) is 31.3 Å². The minimum absolute atomic E-state index is 0.000190. The highest BCUT2D eigenvalue weighted by atomic mass is 16.5. The van der Waals surface area contributed by atoms with Crippen LogP contribution in [0.5, 0.6) is 5.88 Å². The van der Waals surface area contributed by atoms with Gasteiger partial charge in [-0.1, -0.05) is 60.7 Å². The molecule has 1 aliphatic heterocycles. The fourth-order valence-corrected chi connectivity index (χ4v) is 4.19. The summed E-state index contributed by atoms with van der Waals surface area (Å²) in [4.78, 5) is 24.1. The van der Waals surface area contributed by atoms with Crippen molar-refractivity contribution >= 4 is 11.9 Å². The molecule has 0 aliphatic carbocycles. The standard InChI is InChI=1S/C26H30N4O2/c1-32-24-14-17-27-26(29-24)30-18-15-22(16-19-30)25(31)28-23(21-10-6-3-7-11-21)13-12-20-8-4-2-5-9-20/h2-11,14,17,22-23H,12-13,15-16,18-19H2,1H3,(H,28,31). The maximum atomic E-state index is 13.2. The Morgan fingerprint density at radius 3 is 2.44 bits per heavy atom. The number of anilines is 1. The number of hydrogen-bond donors (Lipinski definition) is 1. The number of rotatable bonds is 8. The normalized spacial score (nSPS) is 15.2. The van der Waals surface area contributed by atoms with Gasteiger partial charge in [0.2, 0.25) is 17.7 Å². The zero-order chi connectivity index (χ0) is 22.2. The van der Waals surface area contributed by atoms with E-state index in [-0.39, 0.29) is 17.9 Å². The molecular weight excluding hydrogens is 400 g/mol. The number of aromatic nitrogens is 2. The summed E-state index contributed by atoms with van der Waals surface area (Å²) < 4.78 is 5.20. The van der Waals surface area contributed by atoms with Gasteiger partial charge in [0.05, 0.1) is 13.2 Å². The molecule has 3 aromatic rings. The lowest BCUT2D eigenvalue weighted by Gasteiger charge is -2.32. The molecule has 1 aromatic heterocycles. The van der Waals surface area contributed by atoms with E-state index >= 15 is 0 Å². The van der Waals surface area contributed by atoms with Gasteiger partial charge in [-0.05, 0) is 36.8 Å². The average Bonchev–Trinajstić information content (AvgIpc) is 2.87. The molecular formula is C26H30N4O2. The molecule has 1 N–H and O–H groups in total. The SMILES string of the molecule is COc1ccnc(N2CCC(C(=O)NC(CCc3ccccc3)c3ccccc3)CC2)n1. The number of hydrogen-bond acceptors (Lipinski definition) is 5. The van der Waals surface area contributed by atoms with Crippen LogP contribution < -0.4 is 15.0 Å². The first-order valence-corrected chi connectivity index (χ1v) is 11.2. The van der Waals surface area contributed by atoms with E-state index in [0.29, 0.717) is 11.8 Å². The zero-order valence-corrected chi connectivity index (χ0v) is 18.5. The van der Waals surface area contributed by atoms with Crippen LogP contribution in [0.3, 0.4) is 0 Å². The Balaban J connectivity index is 1.36. The van der Waals surface area contributed by atoms with Crippen molar-refractivity contribution in [2.45, 2.75) is 31.7 Å². The lowest BCUT2D eigenvalue weighted by atomic mass is 9.94. The third-order valence-corrected chi connectivity index (χ3v) is 6.06. The van der Waals surface area contributed by atoms with Gasteiger partial charge in [-0.15, -0.1) is 0 Å². The smallest absolute Gasteiger partial charge is 0.228 e. The van der Waals surface area contributed by atoms with E-state index in [1.807, 2.05) is 24.3 Å². The Kier molecular flexibility index (Phi) is 7.33. The lowest BCUT2D eigenvalue weighted by Crippen LogP contribution is -2.42. The predicted octanol–water partition coefficient (Wildman–Crippen LogP) is 4.19. The molecule has 0 saturated carbocycles. The number of piperidine rings is 1. The molecule has 2 heterocycles. The summed E-state index contributed by atoms with van der Waals surface area (Å²) in [6.45, 7) is 1.51. The van der Waals surface area contributed by atoms with Crippen LogP contribution in [0.4, 0.5) is 5.95 Å². The number of aryl methyl sites for hydroxylation is 1. The van der Waals surface area contributed by atoms with Crippen molar-refractivity contribution in [1.29, 1.82) is 0 Å². The number of benzene rings is 2. The first-order chi connectivity index (χ1) is 15.7. The summed E-state index contributed by atoms with van der Waals surface area (Å²) in [5.41, 5.74) is 2.44. The van der Waals surface area contributed by atoms with Crippen molar-refractivity contribution < 1.29 is 9.53 Å². The molecule has 32 heavy (non-hydrogen) atoms. The van der Waals surface area contributed by atoms with E-state index in [2.05, 4.69) is 56.6 Å². The molecule has 0 bridgehead atoms. The highest BCUT2D eigenvalue weighted by Gasteiger charge is 2.28. The molecule has 1 saturated heterocycles. The third kappa shape index (κ3) is 5.63. The number of carbonyl (C=O) groups is 1. The highest BCUT2D eigenvalue weighted by molar-refractivity contribution is 5.79. The molecule has 0 radical (unpaired) electrons. The number of carbonyl (C=O) groups excluding carboxylic acids is 1. The number of nitrogens with one attached hydrogen (secondary N) is 1. The first-order valence-electron chi connectivity index (χ1n) is 11.2. The van der Waals surface area contributed by atoms with E-state index in [1.165, 1.54) is 5.56 Å². The van der Waals surface area contributed by atoms with Gasteiger partial charge < -0.3 is 15.0 Å². The first kappa shape index (κ1) is 21.8. The molecule has 1 fully saturated rings. The molecule has 6 nitrogen and oxygen atoms in total. The van der Waals surface area contributed by atoms with Crippen molar-refractivity contribution in [2.75, 3.05) is 25.1 Å². The van der Waals surface area contributed by atoms with Crippen molar-refractivity contribution in [1.82, 2.24) is 15.3 Å². The maximum absolute atomic E-state index is 13.2. The predicted molar refractivity (Wildman–Crippen MR) is 126 cm³/mol. The van der Waals surface area contributed by atoms with Crippen molar-refractivity contribution in [3.8, 4) is 5.88 Å². The molecule has 0 spiro atoms. The number of nitrogens with zero attached hydrogens (tertiary/aromatic N) is 3. The van der Waals surface area contributed by atoms with Crippen molar-refractivity contribution in [3.05, 3.63) is 84.1 Å². The van der Waals surface area contributed by atoms with Crippen LogP contribution >= 0.6 is 0 Å². The second kappa shape index (κ2) is 10.8. The summed E-state index contributed by atoms with van der Waals surface area (Å²) in [5, 5.41) is 3.34. The molecule has 1 unspecified atom stereocenters. The molecule has 166 valence electrons. The quantitative estimate of drug-likeness (QED) is 0.580. The van der Waals surface area contributed by atoms with Crippen molar-refractivity contribution in [3.63, 3.8) is 0 Å². The maximum Gasteiger partial charge on any atom is 0.228 e. The van der Waals surface area contributed by atoms with Crippen molar-refractivity contribution in [2.24, 2.45) is 5.92 Å². The van der Waals surface area contributed by atoms with Crippen LogP contribution in [0, 0.1) is 5.92 Å². The van der Waals surface area contributed by atoms with Crippen LogP contribution in [0.1, 0.15) is 36.4 Å². The number of methoxy groups -OCH3 is 1. The molecule has 1 atom stereocenters. The van der Waals surface area contributed by atoms with E-state index in [1.54, 1.807) is 19.4 Å². The topological polar surface area (TPSA) is 67.3 Å². The zero-order valence-electron chi connectivity index (χ0n) is 18.5. The van der Waals surface area contributed by atoms with Crippen LogP contribution in [0.25, 0.3) is 0 Å². The Morgan fingerprint density at radius 2 is 1.75 bits per heavy atom. The molecule has 1 amide bonds. The summed E-state index contributed by atoms with van der Waals surface area (Å²) in [6, 6.07) is 22.4. The summed E-state index contributed by atoms with van der Waals surface area (Å²) in [5.74, 6) is 1.35. The van der Waals surface area contributed by atoms with Gasteiger partial charge in [0.15, 0.2) is 0 Å².